The van der Waals surface area contributed by atoms with Crippen LogP contribution in [0, 0.1) is 5.92 Å². The zero-order valence-electron chi connectivity index (χ0n) is 11.7. The highest BCUT2D eigenvalue weighted by molar-refractivity contribution is 7.18. The number of anilines is 2. The molecule has 3 N–H and O–H groups in total. The molecule has 5 nitrogen and oxygen atoms in total. The summed E-state index contributed by atoms with van der Waals surface area (Å²) in [7, 11) is 3.57. The molecule has 0 aliphatic carbocycles. The number of nitrogens with zero attached hydrogens (tertiary/aromatic N) is 2. The van der Waals surface area contributed by atoms with Crippen molar-refractivity contribution < 1.29 is 4.79 Å². The van der Waals surface area contributed by atoms with Crippen molar-refractivity contribution in [2.75, 3.05) is 25.1 Å². The molecular weight excluding hydrogens is 248 g/mol. The summed E-state index contributed by atoms with van der Waals surface area (Å²) >= 11 is 1.29. The van der Waals surface area contributed by atoms with Gasteiger partial charge in [-0.25, -0.2) is 4.98 Å². The zero-order valence-corrected chi connectivity index (χ0v) is 12.5. The van der Waals surface area contributed by atoms with E-state index in [9.17, 15) is 4.79 Å². The summed E-state index contributed by atoms with van der Waals surface area (Å²) in [5.74, 6) is 0.805. The molecule has 18 heavy (non-hydrogen) atoms. The van der Waals surface area contributed by atoms with Crippen LogP contribution in [0.3, 0.4) is 0 Å². The Labute approximate surface area is 112 Å². The summed E-state index contributed by atoms with van der Waals surface area (Å²) in [6.45, 7) is 6.35. The third-order valence-corrected chi connectivity index (χ3v) is 3.93. The van der Waals surface area contributed by atoms with Gasteiger partial charge in [0.2, 0.25) is 0 Å². The Balaban J connectivity index is 2.82. The molecule has 102 valence electrons. The van der Waals surface area contributed by atoms with Gasteiger partial charge >= 0.3 is 0 Å². The van der Waals surface area contributed by atoms with Crippen LogP contribution in [0.2, 0.25) is 0 Å². The van der Waals surface area contributed by atoms with Crippen molar-refractivity contribution in [1.29, 1.82) is 0 Å². The van der Waals surface area contributed by atoms with Crippen molar-refractivity contribution >= 4 is 28.2 Å². The van der Waals surface area contributed by atoms with E-state index in [1.807, 2.05) is 14.0 Å². The normalized spacial score (nSPS) is 12.6. The summed E-state index contributed by atoms with van der Waals surface area (Å²) in [6.07, 6.45) is 0.972. The lowest BCUT2D eigenvalue weighted by Crippen LogP contribution is -2.35. The smallest absolute Gasteiger partial charge is 0.267 e. The van der Waals surface area contributed by atoms with Crippen LogP contribution in [-0.2, 0) is 0 Å². The molecule has 0 spiro atoms. The number of carbonyl (C=O) groups is 1. The second kappa shape index (κ2) is 6.04. The van der Waals surface area contributed by atoms with Crippen LogP contribution in [0.25, 0.3) is 0 Å². The summed E-state index contributed by atoms with van der Waals surface area (Å²) in [6, 6.07) is 0.192. The van der Waals surface area contributed by atoms with Gasteiger partial charge in [0, 0.05) is 20.1 Å². The van der Waals surface area contributed by atoms with Crippen LogP contribution >= 0.6 is 11.3 Å². The molecule has 0 saturated carbocycles. The Kier molecular flexibility index (Phi) is 4.95. The molecule has 0 fully saturated rings. The summed E-state index contributed by atoms with van der Waals surface area (Å²) < 4.78 is 0. The van der Waals surface area contributed by atoms with Gasteiger partial charge in [-0.1, -0.05) is 25.2 Å². The van der Waals surface area contributed by atoms with E-state index in [-0.39, 0.29) is 11.9 Å². The number of hydrogen-bond donors (Lipinski definition) is 2. The highest BCUT2D eigenvalue weighted by Crippen LogP contribution is 2.26. The Morgan fingerprint density at radius 3 is 2.56 bits per heavy atom. The van der Waals surface area contributed by atoms with Gasteiger partial charge in [0.25, 0.3) is 5.91 Å². The fraction of sp³-hybridized carbons (Fsp3) is 0.667. The lowest BCUT2D eigenvalue weighted by atomic mass is 10.0. The van der Waals surface area contributed by atoms with E-state index in [1.54, 1.807) is 11.9 Å². The fourth-order valence-corrected chi connectivity index (χ4v) is 2.61. The highest BCUT2D eigenvalue weighted by Gasteiger charge is 2.23. The Morgan fingerprint density at radius 2 is 2.11 bits per heavy atom. The SMILES string of the molecule is CNc1nc(N)c(C(=O)N(C)C(C)CC(C)C)s1. The molecule has 0 bridgehead atoms. The first-order valence-electron chi connectivity index (χ1n) is 6.08. The maximum atomic E-state index is 12.3. The standard InChI is InChI=1S/C12H22N4OS/c1-7(2)6-8(3)16(5)11(17)9-10(13)15-12(14-4)18-9/h7-8H,6,13H2,1-5H3,(H,14,15). The first-order chi connectivity index (χ1) is 8.36. The molecule has 0 aromatic carbocycles. The fourth-order valence-electron chi connectivity index (χ4n) is 1.79. The number of hydrogen-bond acceptors (Lipinski definition) is 5. The molecule has 1 rings (SSSR count). The second-order valence-corrected chi connectivity index (χ2v) is 5.88. The van der Waals surface area contributed by atoms with Gasteiger partial charge in [0.05, 0.1) is 0 Å². The number of nitrogens with two attached hydrogens (primary N) is 1. The van der Waals surface area contributed by atoms with Crippen molar-refractivity contribution in [2.45, 2.75) is 33.2 Å². The van der Waals surface area contributed by atoms with Gasteiger partial charge < -0.3 is 16.0 Å². The number of aromatic nitrogens is 1. The lowest BCUT2D eigenvalue weighted by molar-refractivity contribution is 0.0734. The molecule has 0 saturated heterocycles. The van der Waals surface area contributed by atoms with Gasteiger partial charge in [-0.2, -0.15) is 0 Å². The maximum absolute atomic E-state index is 12.3. The summed E-state index contributed by atoms with van der Waals surface area (Å²) in [4.78, 5) is 18.6. The number of nitrogen functional groups attached to an aromatic ring is 1. The Hall–Kier alpha value is -1.30. The van der Waals surface area contributed by atoms with E-state index in [0.717, 1.165) is 6.42 Å². The lowest BCUT2D eigenvalue weighted by Gasteiger charge is -2.25. The highest BCUT2D eigenvalue weighted by atomic mass is 32.1. The number of nitrogens with one attached hydrogen (secondary N) is 1. The number of thiazole rings is 1. The monoisotopic (exact) mass is 270 g/mol. The summed E-state index contributed by atoms with van der Waals surface area (Å²) in [5, 5.41) is 3.57. The molecule has 0 aliphatic rings. The minimum absolute atomic E-state index is 0.0559. The molecule has 1 heterocycles. The third kappa shape index (κ3) is 3.35. The van der Waals surface area contributed by atoms with Gasteiger partial charge in [0.1, 0.15) is 10.7 Å². The zero-order chi connectivity index (χ0) is 13.9. The van der Waals surface area contributed by atoms with Crippen LogP contribution in [0.15, 0.2) is 0 Å². The predicted molar refractivity (Wildman–Crippen MR) is 77.1 cm³/mol. The molecule has 1 amide bonds. The average molecular weight is 270 g/mol. The predicted octanol–water partition coefficient (Wildman–Crippen LogP) is 2.27. The first-order valence-corrected chi connectivity index (χ1v) is 6.89. The molecule has 1 aromatic rings. The average Bonchev–Trinajstić information content (AvgIpc) is 2.67. The second-order valence-electron chi connectivity index (χ2n) is 4.88. The summed E-state index contributed by atoms with van der Waals surface area (Å²) in [5.41, 5.74) is 5.77. The van der Waals surface area contributed by atoms with Gasteiger partial charge in [-0.15, -0.1) is 0 Å². The first kappa shape index (κ1) is 14.8. The van der Waals surface area contributed by atoms with E-state index >= 15 is 0 Å². The Morgan fingerprint density at radius 1 is 1.50 bits per heavy atom. The minimum atomic E-state index is -0.0559. The van der Waals surface area contributed by atoms with Gasteiger partial charge in [-0.05, 0) is 19.3 Å². The molecule has 6 heteroatoms. The molecule has 1 unspecified atom stereocenters. The Bertz CT molecular complexity index is 416. The van der Waals surface area contributed by atoms with Crippen molar-refractivity contribution in [1.82, 2.24) is 9.88 Å². The van der Waals surface area contributed by atoms with Crippen molar-refractivity contribution in [3.8, 4) is 0 Å². The van der Waals surface area contributed by atoms with E-state index < -0.39 is 0 Å². The number of amides is 1. The van der Waals surface area contributed by atoms with Crippen molar-refractivity contribution in [3.63, 3.8) is 0 Å². The van der Waals surface area contributed by atoms with Crippen LogP contribution in [0.4, 0.5) is 10.9 Å². The number of rotatable bonds is 5. The molecule has 1 atom stereocenters. The maximum Gasteiger partial charge on any atom is 0.267 e. The van der Waals surface area contributed by atoms with Crippen LogP contribution < -0.4 is 11.1 Å². The van der Waals surface area contributed by atoms with E-state index in [2.05, 4.69) is 24.1 Å². The third-order valence-electron chi connectivity index (χ3n) is 2.86. The molecule has 1 aromatic heterocycles. The van der Waals surface area contributed by atoms with E-state index in [0.29, 0.717) is 21.7 Å². The van der Waals surface area contributed by atoms with Gasteiger partial charge in [-0.3, -0.25) is 4.79 Å². The van der Waals surface area contributed by atoms with Gasteiger partial charge in [0.15, 0.2) is 5.13 Å². The topological polar surface area (TPSA) is 71.2 Å². The number of carbonyl (C=O) groups excluding carboxylic acids is 1. The molecule has 0 radical (unpaired) electrons. The van der Waals surface area contributed by atoms with E-state index in [4.69, 9.17) is 5.73 Å². The minimum Gasteiger partial charge on any atom is -0.382 e. The van der Waals surface area contributed by atoms with Crippen LogP contribution in [0.5, 0.6) is 0 Å². The quantitative estimate of drug-likeness (QED) is 0.861. The van der Waals surface area contributed by atoms with Crippen LogP contribution in [0.1, 0.15) is 36.9 Å². The van der Waals surface area contributed by atoms with E-state index in [1.165, 1.54) is 11.3 Å². The van der Waals surface area contributed by atoms with Crippen molar-refractivity contribution in [2.24, 2.45) is 5.92 Å². The largest absolute Gasteiger partial charge is 0.382 e. The van der Waals surface area contributed by atoms with Crippen LogP contribution in [-0.4, -0.2) is 35.9 Å². The molecular formula is C12H22N4OS. The van der Waals surface area contributed by atoms with Crippen molar-refractivity contribution in [3.05, 3.63) is 4.88 Å². The molecule has 0 aliphatic heterocycles.